The lowest BCUT2D eigenvalue weighted by Gasteiger charge is -2.08. The zero-order chi connectivity index (χ0) is 12.6. The van der Waals surface area contributed by atoms with E-state index >= 15 is 0 Å². The van der Waals surface area contributed by atoms with Gasteiger partial charge in [-0.05, 0) is 36.8 Å². The van der Waals surface area contributed by atoms with Gasteiger partial charge in [0.1, 0.15) is 0 Å². The Hall–Kier alpha value is -1.30. The van der Waals surface area contributed by atoms with Crippen LogP contribution in [0.2, 0.25) is 0 Å². The second-order valence-corrected chi connectivity index (χ2v) is 4.35. The molecule has 2 nitrogen and oxygen atoms in total. The highest BCUT2D eigenvalue weighted by Crippen LogP contribution is 2.23. The van der Waals surface area contributed by atoms with Crippen molar-refractivity contribution >= 4 is 23.3 Å². The van der Waals surface area contributed by atoms with Crippen molar-refractivity contribution in [1.29, 1.82) is 0 Å². The molecule has 92 valence electrons. The summed E-state index contributed by atoms with van der Waals surface area (Å²) in [4.78, 5) is 2.90. The average Bonchev–Trinajstić information content (AvgIpc) is 2.49. The summed E-state index contributed by atoms with van der Waals surface area (Å²) in [6.45, 7) is 1.75. The number of rotatable bonds is 2. The number of hydrogen-bond acceptors (Lipinski definition) is 1. The molecule has 6 heteroatoms. The summed E-state index contributed by atoms with van der Waals surface area (Å²) in [5, 5.41) is 0. The maximum Gasteiger partial charge on any atom is 0.390 e. The number of aromatic amines is 1. The second kappa shape index (κ2) is 4.18. The molecule has 0 fully saturated rings. The summed E-state index contributed by atoms with van der Waals surface area (Å²) in [7, 11) is 0. The lowest BCUT2D eigenvalue weighted by Crippen LogP contribution is -2.12. The average molecular weight is 260 g/mol. The van der Waals surface area contributed by atoms with Crippen molar-refractivity contribution < 1.29 is 13.2 Å². The van der Waals surface area contributed by atoms with E-state index in [0.717, 1.165) is 16.6 Å². The molecule has 0 saturated heterocycles. The van der Waals surface area contributed by atoms with E-state index in [2.05, 4.69) is 4.98 Å². The van der Waals surface area contributed by atoms with Crippen LogP contribution >= 0.6 is 12.2 Å². The first-order valence-electron chi connectivity index (χ1n) is 5.13. The van der Waals surface area contributed by atoms with Gasteiger partial charge in [0.2, 0.25) is 0 Å². The molecule has 0 atom stereocenters. The maximum absolute atomic E-state index is 12.2. The van der Waals surface area contributed by atoms with Gasteiger partial charge in [-0.1, -0.05) is 6.07 Å². The van der Waals surface area contributed by atoms with Crippen LogP contribution in [-0.2, 0) is 6.54 Å². The Balaban J connectivity index is 2.42. The topological polar surface area (TPSA) is 20.7 Å². The summed E-state index contributed by atoms with van der Waals surface area (Å²) in [6, 6.07) is 5.55. The van der Waals surface area contributed by atoms with Gasteiger partial charge in [0.05, 0.1) is 17.5 Å². The minimum Gasteiger partial charge on any atom is -0.331 e. The summed E-state index contributed by atoms with van der Waals surface area (Å²) in [5.74, 6) is 0. The first-order valence-corrected chi connectivity index (χ1v) is 5.53. The van der Waals surface area contributed by atoms with E-state index in [-0.39, 0.29) is 6.54 Å². The van der Waals surface area contributed by atoms with E-state index in [9.17, 15) is 13.2 Å². The van der Waals surface area contributed by atoms with E-state index in [4.69, 9.17) is 12.2 Å². The van der Waals surface area contributed by atoms with Crippen LogP contribution in [0.3, 0.4) is 0 Å². The highest BCUT2D eigenvalue weighted by molar-refractivity contribution is 7.71. The Bertz CT molecular complexity index is 595. The van der Waals surface area contributed by atoms with Crippen LogP contribution in [0.5, 0.6) is 0 Å². The van der Waals surface area contributed by atoms with Gasteiger partial charge in [-0.25, -0.2) is 0 Å². The zero-order valence-electron chi connectivity index (χ0n) is 9.14. The molecule has 0 unspecified atom stereocenters. The number of fused-ring (bicyclic) bond motifs is 1. The van der Waals surface area contributed by atoms with Crippen LogP contribution in [0.15, 0.2) is 18.2 Å². The largest absolute Gasteiger partial charge is 0.390 e. The van der Waals surface area contributed by atoms with E-state index in [1.165, 1.54) is 4.57 Å². The number of H-pyrrole nitrogens is 1. The molecule has 17 heavy (non-hydrogen) atoms. The highest BCUT2D eigenvalue weighted by Gasteiger charge is 2.27. The molecule has 0 spiro atoms. The SMILES string of the molecule is Cc1ccc2[nH]c(=S)n(CCC(F)(F)F)c2c1. The van der Waals surface area contributed by atoms with Gasteiger partial charge in [-0.3, -0.25) is 0 Å². The molecule has 2 aromatic rings. The smallest absolute Gasteiger partial charge is 0.331 e. The fraction of sp³-hybridized carbons (Fsp3) is 0.364. The standard InChI is InChI=1S/C11H11F3N2S/c1-7-2-3-8-9(6-7)16(10(17)15-8)5-4-11(12,13)14/h2-3,6H,4-5H2,1H3,(H,15,17). The summed E-state index contributed by atoms with van der Waals surface area (Å²) < 4.78 is 38.4. The van der Waals surface area contributed by atoms with Gasteiger partial charge >= 0.3 is 6.18 Å². The number of hydrogen-bond donors (Lipinski definition) is 1. The lowest BCUT2D eigenvalue weighted by atomic mass is 10.2. The van der Waals surface area contributed by atoms with Gasteiger partial charge in [0, 0.05) is 6.54 Å². The molecular formula is C11H11F3N2S. The van der Waals surface area contributed by atoms with Crippen molar-refractivity contribution in [2.45, 2.75) is 26.1 Å². The Morgan fingerprint density at radius 3 is 2.71 bits per heavy atom. The monoisotopic (exact) mass is 260 g/mol. The number of benzene rings is 1. The molecule has 2 rings (SSSR count). The number of alkyl halides is 3. The van der Waals surface area contributed by atoms with Crippen LogP contribution in [0.1, 0.15) is 12.0 Å². The third-order valence-corrected chi connectivity index (χ3v) is 2.87. The first kappa shape index (κ1) is 12.2. The number of nitrogens with one attached hydrogen (secondary N) is 1. The van der Waals surface area contributed by atoms with Crippen molar-refractivity contribution in [2.24, 2.45) is 0 Å². The number of nitrogens with zero attached hydrogens (tertiary/aromatic N) is 1. The minimum atomic E-state index is -4.16. The van der Waals surface area contributed by atoms with E-state index in [1.54, 1.807) is 0 Å². The normalized spacial score (nSPS) is 12.2. The summed E-state index contributed by atoms with van der Waals surface area (Å²) in [6.07, 6.45) is -5.04. The Labute approximate surface area is 101 Å². The lowest BCUT2D eigenvalue weighted by molar-refractivity contribution is -0.136. The van der Waals surface area contributed by atoms with Crippen molar-refractivity contribution in [1.82, 2.24) is 9.55 Å². The summed E-state index contributed by atoms with van der Waals surface area (Å²) >= 11 is 5.02. The van der Waals surface area contributed by atoms with Crippen molar-refractivity contribution in [3.05, 3.63) is 28.5 Å². The Kier molecular flexibility index (Phi) is 2.99. The van der Waals surface area contributed by atoms with Crippen LogP contribution in [0.4, 0.5) is 13.2 Å². The fourth-order valence-corrected chi connectivity index (χ4v) is 2.02. The zero-order valence-corrected chi connectivity index (χ0v) is 9.95. The van der Waals surface area contributed by atoms with Crippen LogP contribution in [0, 0.1) is 11.7 Å². The van der Waals surface area contributed by atoms with Crippen LogP contribution < -0.4 is 0 Å². The van der Waals surface area contributed by atoms with Gasteiger partial charge in [0.25, 0.3) is 0 Å². The van der Waals surface area contributed by atoms with Gasteiger partial charge in [0.15, 0.2) is 4.77 Å². The molecule has 1 aromatic carbocycles. The van der Waals surface area contributed by atoms with E-state index < -0.39 is 12.6 Å². The highest BCUT2D eigenvalue weighted by atomic mass is 32.1. The molecule has 0 aliphatic heterocycles. The molecule has 0 amide bonds. The third kappa shape index (κ3) is 2.69. The van der Waals surface area contributed by atoms with Crippen LogP contribution in [-0.4, -0.2) is 15.7 Å². The number of imidazole rings is 1. The number of aryl methyl sites for hydroxylation is 2. The van der Waals surface area contributed by atoms with Gasteiger partial charge in [-0.15, -0.1) is 0 Å². The predicted molar refractivity (Wildman–Crippen MR) is 62.5 cm³/mol. The van der Waals surface area contributed by atoms with Crippen molar-refractivity contribution in [3.8, 4) is 0 Å². The van der Waals surface area contributed by atoms with Crippen LogP contribution in [0.25, 0.3) is 11.0 Å². The molecule has 1 aromatic heterocycles. The summed E-state index contributed by atoms with van der Waals surface area (Å²) in [5.41, 5.74) is 2.48. The van der Waals surface area contributed by atoms with Gasteiger partial charge in [-0.2, -0.15) is 13.2 Å². The maximum atomic E-state index is 12.2. The quantitative estimate of drug-likeness (QED) is 0.810. The molecule has 0 radical (unpaired) electrons. The number of aromatic nitrogens is 2. The molecule has 1 heterocycles. The number of halogens is 3. The van der Waals surface area contributed by atoms with Crippen molar-refractivity contribution in [2.75, 3.05) is 0 Å². The molecule has 0 saturated carbocycles. The second-order valence-electron chi connectivity index (χ2n) is 3.97. The Morgan fingerprint density at radius 1 is 1.35 bits per heavy atom. The fourth-order valence-electron chi connectivity index (χ4n) is 1.72. The predicted octanol–water partition coefficient (Wildman–Crippen LogP) is 3.96. The molecule has 0 bridgehead atoms. The molecule has 0 aliphatic rings. The van der Waals surface area contributed by atoms with E-state index in [1.807, 2.05) is 25.1 Å². The Morgan fingerprint density at radius 2 is 2.06 bits per heavy atom. The molecule has 0 aliphatic carbocycles. The minimum absolute atomic E-state index is 0.147. The molecular weight excluding hydrogens is 249 g/mol. The van der Waals surface area contributed by atoms with E-state index in [0.29, 0.717) is 4.77 Å². The first-order chi connectivity index (χ1) is 7.87. The van der Waals surface area contributed by atoms with Gasteiger partial charge < -0.3 is 9.55 Å². The third-order valence-electron chi connectivity index (χ3n) is 2.55. The molecule has 1 N–H and O–H groups in total. The van der Waals surface area contributed by atoms with Crippen molar-refractivity contribution in [3.63, 3.8) is 0 Å².